The van der Waals surface area contributed by atoms with Crippen molar-refractivity contribution in [3.8, 4) is 5.75 Å². The molecule has 0 bridgehead atoms. The summed E-state index contributed by atoms with van der Waals surface area (Å²) < 4.78 is 5.89. The van der Waals surface area contributed by atoms with Gasteiger partial charge in [-0.2, -0.15) is 0 Å². The van der Waals surface area contributed by atoms with E-state index < -0.39 is 0 Å². The zero-order valence-electron chi connectivity index (χ0n) is 10.9. The lowest BCUT2D eigenvalue weighted by atomic mass is 10.0. The fourth-order valence-corrected chi connectivity index (χ4v) is 2.01. The Balaban J connectivity index is 2.51. The van der Waals surface area contributed by atoms with Gasteiger partial charge in [0.05, 0.1) is 0 Å². The number of fused-ring (bicyclic) bond motifs is 1. The van der Waals surface area contributed by atoms with Crippen LogP contribution in [0, 0.1) is 0 Å². The number of allylic oxidation sites excluding steroid dienone is 1. The molecule has 0 radical (unpaired) electrons. The molecule has 0 spiro atoms. The van der Waals surface area contributed by atoms with Crippen LogP contribution in [0.2, 0.25) is 0 Å². The van der Waals surface area contributed by atoms with Gasteiger partial charge in [0.15, 0.2) is 0 Å². The van der Waals surface area contributed by atoms with Crippen LogP contribution in [0.1, 0.15) is 25.5 Å². The molecule has 0 aliphatic rings. The molecule has 2 aromatic rings. The van der Waals surface area contributed by atoms with E-state index >= 15 is 0 Å². The molecule has 2 N–H and O–H groups in total. The van der Waals surface area contributed by atoms with Gasteiger partial charge in [0.25, 0.3) is 0 Å². The Morgan fingerprint density at radius 3 is 2.72 bits per heavy atom. The van der Waals surface area contributed by atoms with Crippen LogP contribution < -0.4 is 10.5 Å². The van der Waals surface area contributed by atoms with Gasteiger partial charge in [0.2, 0.25) is 0 Å². The van der Waals surface area contributed by atoms with Crippen LogP contribution in [0.15, 0.2) is 48.6 Å². The quantitative estimate of drug-likeness (QED) is 0.826. The molecule has 0 saturated heterocycles. The average Bonchev–Trinajstić information content (AvgIpc) is 2.38. The number of nitrogens with two attached hydrogens (primary N) is 1. The summed E-state index contributed by atoms with van der Waals surface area (Å²) in [4.78, 5) is 0. The van der Waals surface area contributed by atoms with Crippen molar-refractivity contribution in [1.29, 1.82) is 0 Å². The van der Waals surface area contributed by atoms with Crippen molar-refractivity contribution in [2.24, 2.45) is 5.73 Å². The highest BCUT2D eigenvalue weighted by Crippen LogP contribution is 2.32. The molecule has 2 nitrogen and oxygen atoms in total. The number of benzene rings is 2. The van der Waals surface area contributed by atoms with Gasteiger partial charge in [-0.25, -0.2) is 0 Å². The summed E-state index contributed by atoms with van der Waals surface area (Å²) in [6.45, 7) is 4.54. The van der Waals surface area contributed by atoms with Gasteiger partial charge in [0, 0.05) is 17.0 Å². The van der Waals surface area contributed by atoms with Crippen LogP contribution in [0.25, 0.3) is 10.8 Å². The van der Waals surface area contributed by atoms with E-state index in [0.717, 1.165) is 16.7 Å². The molecule has 2 heteroatoms. The zero-order chi connectivity index (χ0) is 13.0. The van der Waals surface area contributed by atoms with Crippen LogP contribution in [-0.4, -0.2) is 6.61 Å². The highest BCUT2D eigenvalue weighted by atomic mass is 16.5. The molecule has 2 rings (SSSR count). The van der Waals surface area contributed by atoms with Crippen molar-refractivity contribution in [3.05, 3.63) is 54.1 Å². The highest BCUT2D eigenvalue weighted by Gasteiger charge is 2.11. The average molecular weight is 241 g/mol. The summed E-state index contributed by atoms with van der Waals surface area (Å²) in [5, 5.41) is 2.30. The second-order valence-electron chi connectivity index (χ2n) is 4.37. The topological polar surface area (TPSA) is 35.2 Å². The molecule has 18 heavy (non-hydrogen) atoms. The van der Waals surface area contributed by atoms with E-state index in [-0.39, 0.29) is 6.04 Å². The van der Waals surface area contributed by atoms with Crippen LogP contribution in [0.5, 0.6) is 5.75 Å². The van der Waals surface area contributed by atoms with Crippen LogP contribution in [-0.2, 0) is 0 Å². The van der Waals surface area contributed by atoms with Crippen molar-refractivity contribution in [1.82, 2.24) is 0 Å². The highest BCUT2D eigenvalue weighted by molar-refractivity contribution is 5.89. The molecule has 0 heterocycles. The Hall–Kier alpha value is -1.80. The van der Waals surface area contributed by atoms with Crippen LogP contribution >= 0.6 is 0 Å². The first-order valence-corrected chi connectivity index (χ1v) is 6.25. The minimum Gasteiger partial charge on any atom is -0.489 e. The maximum Gasteiger partial charge on any atom is 0.132 e. The Bertz CT molecular complexity index is 558. The third-order valence-electron chi connectivity index (χ3n) is 2.96. The maximum absolute atomic E-state index is 6.01. The van der Waals surface area contributed by atoms with Gasteiger partial charge in [-0.15, -0.1) is 0 Å². The van der Waals surface area contributed by atoms with Crippen LogP contribution in [0.3, 0.4) is 0 Å². The Morgan fingerprint density at radius 1 is 1.22 bits per heavy atom. The molecule has 1 atom stereocenters. The monoisotopic (exact) mass is 241 g/mol. The summed E-state index contributed by atoms with van der Waals surface area (Å²) in [6.07, 6.45) is 3.98. The molecule has 94 valence electrons. The fraction of sp³-hybridized carbons (Fsp3) is 0.250. The molecule has 2 aromatic carbocycles. The first kappa shape index (κ1) is 12.7. The molecular weight excluding hydrogens is 222 g/mol. The van der Waals surface area contributed by atoms with E-state index in [1.165, 1.54) is 5.39 Å². The summed E-state index contributed by atoms with van der Waals surface area (Å²) >= 11 is 0. The molecule has 0 fully saturated rings. The van der Waals surface area contributed by atoms with Crippen LogP contribution in [0.4, 0.5) is 0 Å². The van der Waals surface area contributed by atoms with E-state index in [1.54, 1.807) is 0 Å². The number of ether oxygens (including phenoxy) is 1. The van der Waals surface area contributed by atoms with Gasteiger partial charge >= 0.3 is 0 Å². The Morgan fingerprint density at radius 2 is 2.00 bits per heavy atom. The van der Waals surface area contributed by atoms with E-state index in [0.29, 0.717) is 6.61 Å². The third kappa shape index (κ3) is 2.54. The largest absolute Gasteiger partial charge is 0.489 e. The summed E-state index contributed by atoms with van der Waals surface area (Å²) in [6, 6.07) is 12.3. The summed E-state index contributed by atoms with van der Waals surface area (Å²) in [7, 11) is 0. The van der Waals surface area contributed by atoms with E-state index in [4.69, 9.17) is 10.5 Å². The first-order chi connectivity index (χ1) is 8.74. The molecule has 0 aliphatic heterocycles. The second kappa shape index (κ2) is 5.69. The molecule has 0 unspecified atom stereocenters. The molecule has 0 amide bonds. The number of hydrogen-bond acceptors (Lipinski definition) is 2. The summed E-state index contributed by atoms with van der Waals surface area (Å²) in [5.74, 6) is 0.904. The van der Waals surface area contributed by atoms with Crippen molar-refractivity contribution in [2.45, 2.75) is 19.9 Å². The van der Waals surface area contributed by atoms with E-state index in [9.17, 15) is 0 Å². The maximum atomic E-state index is 6.01. The SMILES string of the molecule is CC=CCOc1c([C@@H](C)N)ccc2ccccc12. The van der Waals surface area contributed by atoms with E-state index in [2.05, 4.69) is 24.3 Å². The molecule has 0 aliphatic carbocycles. The number of rotatable bonds is 4. The van der Waals surface area contributed by atoms with E-state index in [1.807, 2.05) is 38.1 Å². The Kier molecular flexibility index (Phi) is 4.00. The van der Waals surface area contributed by atoms with Crippen molar-refractivity contribution >= 4 is 10.8 Å². The smallest absolute Gasteiger partial charge is 0.132 e. The lowest BCUT2D eigenvalue weighted by Crippen LogP contribution is -2.08. The van der Waals surface area contributed by atoms with Gasteiger partial charge in [0.1, 0.15) is 12.4 Å². The standard InChI is InChI=1S/C16H19NO/c1-3-4-11-18-16-14(12(2)17)10-9-13-7-5-6-8-15(13)16/h3-10,12H,11,17H2,1-2H3/t12-/m1/s1. The van der Waals surface area contributed by atoms with Gasteiger partial charge in [-0.05, 0) is 19.2 Å². The van der Waals surface area contributed by atoms with Gasteiger partial charge in [-0.1, -0.05) is 48.6 Å². The predicted molar refractivity (Wildman–Crippen MR) is 76.9 cm³/mol. The minimum atomic E-state index is -0.0322. The Labute approximate surface area is 108 Å². The normalized spacial score (nSPS) is 13.1. The lowest BCUT2D eigenvalue weighted by molar-refractivity contribution is 0.361. The minimum absolute atomic E-state index is 0.0322. The summed E-state index contributed by atoms with van der Waals surface area (Å²) in [5.41, 5.74) is 7.07. The lowest BCUT2D eigenvalue weighted by Gasteiger charge is -2.15. The second-order valence-corrected chi connectivity index (χ2v) is 4.37. The molecule has 0 saturated carbocycles. The molecular formula is C16H19NO. The van der Waals surface area contributed by atoms with Gasteiger partial charge < -0.3 is 10.5 Å². The first-order valence-electron chi connectivity index (χ1n) is 6.25. The fourth-order valence-electron chi connectivity index (χ4n) is 2.01. The van der Waals surface area contributed by atoms with Crippen molar-refractivity contribution in [3.63, 3.8) is 0 Å². The third-order valence-corrected chi connectivity index (χ3v) is 2.96. The van der Waals surface area contributed by atoms with Crippen molar-refractivity contribution < 1.29 is 4.74 Å². The van der Waals surface area contributed by atoms with Gasteiger partial charge in [-0.3, -0.25) is 0 Å². The zero-order valence-corrected chi connectivity index (χ0v) is 10.9. The predicted octanol–water partition coefficient (Wildman–Crippen LogP) is 3.81. The molecule has 0 aromatic heterocycles. The number of hydrogen-bond donors (Lipinski definition) is 1. The van der Waals surface area contributed by atoms with Crippen molar-refractivity contribution in [2.75, 3.05) is 6.61 Å².